The predicted molar refractivity (Wildman–Crippen MR) is 181 cm³/mol. The summed E-state index contributed by atoms with van der Waals surface area (Å²) < 4.78 is 3.16. The molecule has 11 heteroatoms. The highest BCUT2D eigenvalue weighted by Gasteiger charge is 2.33. The average molecular weight is 733 g/mol. The normalized spacial score (nSPS) is 20.3. The van der Waals surface area contributed by atoms with Gasteiger partial charge in [0.25, 0.3) is 0 Å². The van der Waals surface area contributed by atoms with E-state index in [9.17, 15) is 14.7 Å². The van der Waals surface area contributed by atoms with Crippen molar-refractivity contribution in [3.8, 4) is 5.75 Å². The van der Waals surface area contributed by atoms with Gasteiger partial charge in [-0.15, -0.1) is 0 Å². The number of aromatic hydroxyl groups is 1. The number of H-pyrrole nitrogens is 1. The van der Waals surface area contributed by atoms with Crippen molar-refractivity contribution in [3.05, 3.63) is 61.4 Å². The molecule has 3 aromatic rings. The van der Waals surface area contributed by atoms with Crippen LogP contribution in [-0.2, 0) is 6.42 Å². The number of aromatic amines is 1. The minimum absolute atomic E-state index is 0.0219. The third-order valence-corrected chi connectivity index (χ3v) is 11.3. The van der Waals surface area contributed by atoms with Crippen LogP contribution in [0.3, 0.4) is 0 Å². The number of nitrogens with one attached hydrogen (secondary N) is 1. The Kier molecular flexibility index (Phi) is 10.0. The van der Waals surface area contributed by atoms with Crippen LogP contribution in [0, 0.1) is 0 Å². The topological polar surface area (TPSA) is 88.0 Å². The lowest BCUT2D eigenvalue weighted by Crippen LogP contribution is -2.54. The number of carbonyl (C=O) groups is 1. The van der Waals surface area contributed by atoms with E-state index in [4.69, 9.17) is 0 Å². The van der Waals surface area contributed by atoms with E-state index in [2.05, 4.69) is 46.6 Å². The number of carbonyl (C=O) groups excluding carboxylic acids is 1. The quantitative estimate of drug-likeness (QED) is 0.321. The van der Waals surface area contributed by atoms with Gasteiger partial charge >= 0.3 is 11.7 Å². The molecule has 1 atom stereocenters. The van der Waals surface area contributed by atoms with Crippen LogP contribution in [0.15, 0.2) is 50.1 Å². The zero-order valence-electron chi connectivity index (χ0n) is 25.6. The molecular weight excluding hydrogens is 688 g/mol. The van der Waals surface area contributed by atoms with Gasteiger partial charge in [-0.2, -0.15) is 0 Å². The first-order valence-corrected chi connectivity index (χ1v) is 17.7. The number of rotatable bonds is 7. The van der Waals surface area contributed by atoms with Gasteiger partial charge in [0.1, 0.15) is 5.75 Å². The first kappa shape index (κ1) is 31.6. The van der Waals surface area contributed by atoms with Crippen molar-refractivity contribution in [3.63, 3.8) is 0 Å². The van der Waals surface area contributed by atoms with Crippen LogP contribution in [0.5, 0.6) is 5.75 Å². The molecule has 0 saturated carbocycles. The van der Waals surface area contributed by atoms with Gasteiger partial charge < -0.3 is 29.7 Å². The van der Waals surface area contributed by atoms with Crippen molar-refractivity contribution in [2.75, 3.05) is 52.9 Å². The maximum atomic E-state index is 14.0. The summed E-state index contributed by atoms with van der Waals surface area (Å²) in [6, 6.07) is 12.5. The Labute approximate surface area is 276 Å². The molecule has 0 spiro atoms. The molecule has 3 fully saturated rings. The molecule has 0 unspecified atom stereocenters. The smallest absolute Gasteiger partial charge is 0.326 e. The second kappa shape index (κ2) is 14.0. The molecule has 2 aromatic carbocycles. The SMILES string of the molecule is CN(C(=O)N1CCC(n2c(=O)[nH]c3ccccc32)CC1)[C@H](Cc1cc(Br)c(O)c(Br)c1)CN1CCC(N2CCCCC2)CC1. The molecule has 0 bridgehead atoms. The Morgan fingerprint density at radius 2 is 1.59 bits per heavy atom. The summed E-state index contributed by atoms with van der Waals surface area (Å²) in [5.41, 5.74) is 2.76. The van der Waals surface area contributed by atoms with Crippen molar-refractivity contribution in [2.24, 2.45) is 0 Å². The molecule has 3 aliphatic heterocycles. The fourth-order valence-electron chi connectivity index (χ4n) is 7.51. The number of amides is 2. The Balaban J connectivity index is 1.13. The van der Waals surface area contributed by atoms with E-state index >= 15 is 0 Å². The lowest BCUT2D eigenvalue weighted by atomic mass is 9.98. The largest absolute Gasteiger partial charge is 0.506 e. The number of urea groups is 1. The summed E-state index contributed by atoms with van der Waals surface area (Å²) in [6.07, 6.45) is 8.54. The van der Waals surface area contributed by atoms with Gasteiger partial charge in [0, 0.05) is 44.8 Å². The third kappa shape index (κ3) is 6.90. The van der Waals surface area contributed by atoms with Gasteiger partial charge in [-0.1, -0.05) is 18.6 Å². The monoisotopic (exact) mass is 730 g/mol. The summed E-state index contributed by atoms with van der Waals surface area (Å²) in [7, 11) is 1.94. The molecule has 9 nitrogen and oxygen atoms in total. The third-order valence-electron chi connectivity index (χ3n) is 10.1. The van der Waals surface area contributed by atoms with Crippen LogP contribution in [0.1, 0.15) is 56.6 Å². The molecule has 0 radical (unpaired) electrons. The van der Waals surface area contributed by atoms with E-state index in [1.54, 1.807) is 0 Å². The summed E-state index contributed by atoms with van der Waals surface area (Å²) in [5.74, 6) is 0.187. The number of imidazole rings is 1. The summed E-state index contributed by atoms with van der Waals surface area (Å²) >= 11 is 6.98. The van der Waals surface area contributed by atoms with Crippen LogP contribution in [0.4, 0.5) is 4.79 Å². The van der Waals surface area contributed by atoms with Gasteiger partial charge in [0.05, 0.1) is 20.0 Å². The van der Waals surface area contributed by atoms with E-state index in [1.165, 1.54) is 45.2 Å². The summed E-state index contributed by atoms with van der Waals surface area (Å²) in [5, 5.41) is 10.3. The second-order valence-corrected chi connectivity index (χ2v) is 14.5. The number of hydrogen-bond donors (Lipinski definition) is 2. The second-order valence-electron chi connectivity index (χ2n) is 12.8. The molecule has 238 valence electrons. The van der Waals surface area contributed by atoms with Gasteiger partial charge in [-0.25, -0.2) is 9.59 Å². The highest BCUT2D eigenvalue weighted by Crippen LogP contribution is 2.34. The number of halogens is 2. The Morgan fingerprint density at radius 3 is 2.27 bits per heavy atom. The van der Waals surface area contributed by atoms with E-state index in [0.717, 1.165) is 49.1 Å². The van der Waals surface area contributed by atoms with Gasteiger partial charge in [-0.3, -0.25) is 4.57 Å². The zero-order valence-corrected chi connectivity index (χ0v) is 28.7. The lowest BCUT2D eigenvalue weighted by molar-refractivity contribution is 0.0742. The number of aromatic nitrogens is 2. The molecule has 4 heterocycles. The maximum absolute atomic E-state index is 14.0. The highest BCUT2D eigenvalue weighted by molar-refractivity contribution is 9.11. The number of fused-ring (bicyclic) bond motifs is 1. The number of piperidine rings is 3. The fraction of sp³-hybridized carbons (Fsp3) is 0.576. The number of para-hydroxylation sites is 2. The number of likely N-dealkylation sites (N-methyl/N-ethyl adjacent to an activating group) is 1. The molecular formula is C33H44Br2N6O3. The standard InChI is InChI=1S/C33H44Br2N6O3/c1-37(33(44)40-17-11-25(12-18-40)41-30-8-4-3-7-29(30)36-32(41)43)26(19-23-20-27(34)31(42)28(35)21-23)22-38-15-9-24(10-16-38)39-13-5-2-6-14-39/h3-4,7-8,20-21,24-26,42H,2,5-6,9-19,22H2,1H3,(H,36,43)/t26-/m1/s1. The van der Waals surface area contributed by atoms with Crippen LogP contribution < -0.4 is 5.69 Å². The number of phenols is 1. The summed E-state index contributed by atoms with van der Waals surface area (Å²) in [4.78, 5) is 38.9. The van der Waals surface area contributed by atoms with Crippen LogP contribution >= 0.6 is 31.9 Å². The first-order chi connectivity index (χ1) is 21.3. The predicted octanol–water partition coefficient (Wildman–Crippen LogP) is 5.81. The molecule has 44 heavy (non-hydrogen) atoms. The maximum Gasteiger partial charge on any atom is 0.326 e. The zero-order chi connectivity index (χ0) is 30.8. The Morgan fingerprint density at radius 1 is 0.955 bits per heavy atom. The average Bonchev–Trinajstić information content (AvgIpc) is 3.39. The number of likely N-dealkylation sites (tertiary alicyclic amines) is 3. The number of hydrogen-bond acceptors (Lipinski definition) is 5. The van der Waals surface area contributed by atoms with Gasteiger partial charge in [0.2, 0.25) is 0 Å². The molecule has 3 saturated heterocycles. The van der Waals surface area contributed by atoms with E-state index in [0.29, 0.717) is 34.5 Å². The molecule has 2 N–H and O–H groups in total. The van der Waals surface area contributed by atoms with Gasteiger partial charge in [0.15, 0.2) is 0 Å². The van der Waals surface area contributed by atoms with Crippen molar-refractivity contribution in [2.45, 2.75) is 69.5 Å². The van der Waals surface area contributed by atoms with E-state index < -0.39 is 0 Å². The first-order valence-electron chi connectivity index (χ1n) is 16.1. The Hall–Kier alpha value is -2.34. The minimum atomic E-state index is -0.0802. The lowest BCUT2D eigenvalue weighted by Gasteiger charge is -2.43. The molecule has 1 aromatic heterocycles. The minimum Gasteiger partial charge on any atom is -0.506 e. The van der Waals surface area contributed by atoms with Gasteiger partial charge in [-0.05, 0) is 133 Å². The molecule has 0 aliphatic carbocycles. The molecule has 6 rings (SSSR count). The molecule has 3 aliphatic rings. The number of nitrogens with zero attached hydrogens (tertiary/aromatic N) is 5. The molecule has 2 amide bonds. The highest BCUT2D eigenvalue weighted by atomic mass is 79.9. The summed E-state index contributed by atoms with van der Waals surface area (Å²) in [6.45, 7) is 6.61. The van der Waals surface area contributed by atoms with Crippen molar-refractivity contribution >= 4 is 48.9 Å². The van der Waals surface area contributed by atoms with Crippen LogP contribution in [-0.4, -0.2) is 105 Å². The fourth-order valence-corrected chi connectivity index (χ4v) is 8.79. The van der Waals surface area contributed by atoms with Crippen molar-refractivity contribution < 1.29 is 9.90 Å². The van der Waals surface area contributed by atoms with E-state index in [1.807, 2.05) is 57.8 Å². The number of phenolic OH excluding ortho intramolecular Hbond substituents is 1. The van der Waals surface area contributed by atoms with Crippen molar-refractivity contribution in [1.82, 2.24) is 29.2 Å². The van der Waals surface area contributed by atoms with Crippen LogP contribution in [0.2, 0.25) is 0 Å². The Bertz CT molecular complexity index is 1480. The number of benzene rings is 2. The van der Waals surface area contributed by atoms with Crippen LogP contribution in [0.25, 0.3) is 11.0 Å². The van der Waals surface area contributed by atoms with E-state index in [-0.39, 0.29) is 29.6 Å². The van der Waals surface area contributed by atoms with Crippen molar-refractivity contribution in [1.29, 1.82) is 0 Å².